The van der Waals surface area contributed by atoms with E-state index < -0.39 is 0 Å². The Morgan fingerprint density at radius 1 is 1.40 bits per heavy atom. The average Bonchev–Trinajstić information content (AvgIpc) is 2.49. The van der Waals surface area contributed by atoms with Gasteiger partial charge in [-0.15, -0.1) is 10.2 Å². The van der Waals surface area contributed by atoms with E-state index in [2.05, 4.69) is 15.5 Å². The third-order valence-electron chi connectivity index (χ3n) is 3.55. The molecule has 1 fully saturated rings. The monoisotopic (exact) mass is 278 g/mol. The third kappa shape index (κ3) is 3.66. The highest BCUT2D eigenvalue weighted by Gasteiger charge is 2.24. The largest absolute Gasteiger partial charge is 0.384 e. The van der Waals surface area contributed by atoms with Crippen LogP contribution in [0, 0.1) is 5.92 Å². The number of hydrogen-bond acceptors (Lipinski definition) is 5. The summed E-state index contributed by atoms with van der Waals surface area (Å²) in [6.07, 6.45) is 1.98. The van der Waals surface area contributed by atoms with Gasteiger partial charge in [0.2, 0.25) is 0 Å². The molecule has 6 heteroatoms. The van der Waals surface area contributed by atoms with Crippen LogP contribution < -0.4 is 5.32 Å². The Kier molecular flexibility index (Phi) is 5.29. The van der Waals surface area contributed by atoms with Crippen molar-refractivity contribution in [3.05, 3.63) is 17.8 Å². The van der Waals surface area contributed by atoms with Gasteiger partial charge in [0.1, 0.15) is 5.82 Å². The van der Waals surface area contributed by atoms with Gasteiger partial charge in [-0.3, -0.25) is 4.79 Å². The van der Waals surface area contributed by atoms with Crippen molar-refractivity contribution >= 4 is 11.7 Å². The van der Waals surface area contributed by atoms with Crippen LogP contribution in [0.3, 0.4) is 0 Å². The number of methoxy groups -OCH3 is 1. The summed E-state index contributed by atoms with van der Waals surface area (Å²) in [7, 11) is 1.72. The van der Waals surface area contributed by atoms with Crippen LogP contribution in [0.2, 0.25) is 0 Å². The zero-order valence-electron chi connectivity index (χ0n) is 12.1. The minimum Gasteiger partial charge on any atom is -0.384 e. The standard InChI is InChI=1S/C14H22N4O2/c1-3-15-13-5-4-12(16-17-13)14(19)18-8-6-11(7-9-18)10-20-2/h4-5,11H,3,6-10H2,1-2H3,(H,15,17). The number of ether oxygens (including phenoxy) is 1. The summed E-state index contributed by atoms with van der Waals surface area (Å²) in [6.45, 7) is 5.09. The number of rotatable bonds is 5. The predicted octanol–water partition coefficient (Wildman–Crippen LogP) is 1.41. The van der Waals surface area contributed by atoms with E-state index in [-0.39, 0.29) is 5.91 Å². The van der Waals surface area contributed by atoms with E-state index in [1.807, 2.05) is 11.8 Å². The van der Waals surface area contributed by atoms with Crippen molar-refractivity contribution in [3.8, 4) is 0 Å². The van der Waals surface area contributed by atoms with Crippen LogP contribution in [0.5, 0.6) is 0 Å². The summed E-state index contributed by atoms with van der Waals surface area (Å²) in [5.41, 5.74) is 0.414. The molecular formula is C14H22N4O2. The van der Waals surface area contributed by atoms with E-state index in [0.29, 0.717) is 17.4 Å². The molecule has 1 saturated heterocycles. The number of carbonyl (C=O) groups is 1. The van der Waals surface area contributed by atoms with Crippen LogP contribution in [-0.4, -0.2) is 54.4 Å². The molecule has 1 aromatic rings. The van der Waals surface area contributed by atoms with Crippen molar-refractivity contribution < 1.29 is 9.53 Å². The van der Waals surface area contributed by atoms with Gasteiger partial charge in [-0.1, -0.05) is 0 Å². The number of aromatic nitrogens is 2. The molecule has 0 atom stereocenters. The van der Waals surface area contributed by atoms with Crippen LogP contribution in [0.4, 0.5) is 5.82 Å². The molecule has 6 nitrogen and oxygen atoms in total. The van der Waals surface area contributed by atoms with Crippen molar-refractivity contribution in [3.63, 3.8) is 0 Å². The summed E-state index contributed by atoms with van der Waals surface area (Å²) in [4.78, 5) is 14.2. The second-order valence-corrected chi connectivity index (χ2v) is 5.03. The van der Waals surface area contributed by atoms with Crippen LogP contribution in [0.15, 0.2) is 12.1 Å². The summed E-state index contributed by atoms with van der Waals surface area (Å²) >= 11 is 0. The predicted molar refractivity (Wildman–Crippen MR) is 76.7 cm³/mol. The van der Waals surface area contributed by atoms with Crippen LogP contribution in [0.1, 0.15) is 30.3 Å². The Balaban J connectivity index is 1.91. The molecule has 2 rings (SSSR count). The molecule has 0 radical (unpaired) electrons. The third-order valence-corrected chi connectivity index (χ3v) is 3.55. The molecule has 0 saturated carbocycles. The molecule has 1 aliphatic heterocycles. The fourth-order valence-corrected chi connectivity index (χ4v) is 2.42. The first-order valence-electron chi connectivity index (χ1n) is 7.10. The number of hydrogen-bond donors (Lipinski definition) is 1. The second-order valence-electron chi connectivity index (χ2n) is 5.03. The molecule has 0 aliphatic carbocycles. The SMILES string of the molecule is CCNc1ccc(C(=O)N2CCC(COC)CC2)nn1. The molecule has 110 valence electrons. The number of amides is 1. The van der Waals surface area contributed by atoms with Gasteiger partial charge >= 0.3 is 0 Å². The minimum atomic E-state index is -0.0311. The zero-order chi connectivity index (χ0) is 14.4. The van der Waals surface area contributed by atoms with Gasteiger partial charge in [-0.25, -0.2) is 0 Å². The first kappa shape index (κ1) is 14.7. The molecule has 20 heavy (non-hydrogen) atoms. The van der Waals surface area contributed by atoms with E-state index >= 15 is 0 Å². The molecule has 1 aliphatic rings. The molecule has 1 amide bonds. The number of carbonyl (C=O) groups excluding carboxylic acids is 1. The van der Waals surface area contributed by atoms with Crippen LogP contribution >= 0.6 is 0 Å². The van der Waals surface area contributed by atoms with Gasteiger partial charge in [0.25, 0.3) is 5.91 Å². The average molecular weight is 278 g/mol. The summed E-state index contributed by atoms with van der Waals surface area (Å²) in [6, 6.07) is 3.52. The summed E-state index contributed by atoms with van der Waals surface area (Å²) in [5, 5.41) is 11.1. The van der Waals surface area contributed by atoms with Gasteiger partial charge in [0, 0.05) is 33.4 Å². The Morgan fingerprint density at radius 2 is 2.15 bits per heavy atom. The van der Waals surface area contributed by atoms with E-state index in [4.69, 9.17) is 4.74 Å². The summed E-state index contributed by atoms with van der Waals surface area (Å²) in [5.74, 6) is 1.23. The lowest BCUT2D eigenvalue weighted by atomic mass is 9.97. The zero-order valence-corrected chi connectivity index (χ0v) is 12.1. The molecule has 1 aromatic heterocycles. The number of anilines is 1. The van der Waals surface area contributed by atoms with Crippen molar-refractivity contribution in [2.75, 3.05) is 38.7 Å². The molecule has 1 N–H and O–H groups in total. The van der Waals surface area contributed by atoms with Crippen LogP contribution in [0.25, 0.3) is 0 Å². The lowest BCUT2D eigenvalue weighted by Gasteiger charge is -2.31. The number of nitrogens with zero attached hydrogens (tertiary/aromatic N) is 3. The van der Waals surface area contributed by atoms with Crippen LogP contribution in [-0.2, 0) is 4.74 Å². The minimum absolute atomic E-state index is 0.0311. The van der Waals surface area contributed by atoms with E-state index in [0.717, 1.165) is 39.1 Å². The highest BCUT2D eigenvalue weighted by atomic mass is 16.5. The first-order chi connectivity index (χ1) is 9.74. The van der Waals surface area contributed by atoms with Crippen molar-refractivity contribution in [2.24, 2.45) is 5.92 Å². The maximum Gasteiger partial charge on any atom is 0.274 e. The first-order valence-corrected chi connectivity index (χ1v) is 7.10. The number of nitrogens with one attached hydrogen (secondary N) is 1. The lowest BCUT2D eigenvalue weighted by molar-refractivity contribution is 0.0607. The highest BCUT2D eigenvalue weighted by molar-refractivity contribution is 5.92. The Labute approximate surface area is 119 Å². The van der Waals surface area contributed by atoms with E-state index in [9.17, 15) is 4.79 Å². The van der Waals surface area contributed by atoms with Gasteiger partial charge < -0.3 is 15.0 Å². The van der Waals surface area contributed by atoms with Gasteiger partial charge in [-0.05, 0) is 37.8 Å². The molecule has 2 heterocycles. The van der Waals surface area contributed by atoms with E-state index in [1.165, 1.54) is 0 Å². The van der Waals surface area contributed by atoms with Crippen molar-refractivity contribution in [1.82, 2.24) is 15.1 Å². The molecule has 0 spiro atoms. The normalized spacial score (nSPS) is 16.2. The van der Waals surface area contributed by atoms with Gasteiger partial charge in [0.05, 0.1) is 0 Å². The topological polar surface area (TPSA) is 67.4 Å². The fourth-order valence-electron chi connectivity index (χ4n) is 2.42. The highest BCUT2D eigenvalue weighted by Crippen LogP contribution is 2.18. The quantitative estimate of drug-likeness (QED) is 0.882. The molecule has 0 aromatic carbocycles. The molecular weight excluding hydrogens is 256 g/mol. The molecule has 0 unspecified atom stereocenters. The number of piperidine rings is 1. The smallest absolute Gasteiger partial charge is 0.274 e. The Bertz CT molecular complexity index is 427. The summed E-state index contributed by atoms with van der Waals surface area (Å²) < 4.78 is 5.17. The van der Waals surface area contributed by atoms with Crippen molar-refractivity contribution in [1.29, 1.82) is 0 Å². The van der Waals surface area contributed by atoms with Crippen molar-refractivity contribution in [2.45, 2.75) is 19.8 Å². The van der Waals surface area contributed by atoms with Gasteiger partial charge in [0.15, 0.2) is 5.69 Å². The molecule has 0 bridgehead atoms. The van der Waals surface area contributed by atoms with Gasteiger partial charge in [-0.2, -0.15) is 0 Å². The Morgan fingerprint density at radius 3 is 2.70 bits per heavy atom. The Hall–Kier alpha value is -1.69. The fraction of sp³-hybridized carbons (Fsp3) is 0.643. The maximum atomic E-state index is 12.3. The lowest BCUT2D eigenvalue weighted by Crippen LogP contribution is -2.39. The van der Waals surface area contributed by atoms with E-state index in [1.54, 1.807) is 19.2 Å². The maximum absolute atomic E-state index is 12.3. The second kappa shape index (κ2) is 7.19. The number of likely N-dealkylation sites (tertiary alicyclic amines) is 1.